The number of rotatable bonds is 5. The van der Waals surface area contributed by atoms with Crippen molar-refractivity contribution in [3.63, 3.8) is 0 Å². The Morgan fingerprint density at radius 1 is 1.12 bits per heavy atom. The van der Waals surface area contributed by atoms with Gasteiger partial charge in [0.15, 0.2) is 0 Å². The van der Waals surface area contributed by atoms with Crippen molar-refractivity contribution in [1.29, 1.82) is 0 Å². The van der Waals surface area contributed by atoms with E-state index in [4.69, 9.17) is 0 Å². The Labute approximate surface area is 156 Å². The van der Waals surface area contributed by atoms with Gasteiger partial charge < -0.3 is 10.6 Å². The van der Waals surface area contributed by atoms with Crippen molar-refractivity contribution in [2.45, 2.75) is 31.6 Å². The van der Waals surface area contributed by atoms with Gasteiger partial charge >= 0.3 is 0 Å². The topological polar surface area (TPSA) is 58.2 Å². The molecule has 2 N–H and O–H groups in total. The molecule has 2 aromatic rings. The van der Waals surface area contributed by atoms with Gasteiger partial charge in [-0.15, -0.1) is 0 Å². The number of benzene rings is 2. The summed E-state index contributed by atoms with van der Waals surface area (Å²) in [5, 5.41) is 5.66. The van der Waals surface area contributed by atoms with Gasteiger partial charge in [-0.25, -0.2) is 0 Å². The highest BCUT2D eigenvalue weighted by Gasteiger charge is 2.45. The number of carbonyl (C=O) groups excluding carboxylic acids is 2. The fourth-order valence-electron chi connectivity index (χ4n) is 3.23. The van der Waals surface area contributed by atoms with Crippen LogP contribution in [0.15, 0.2) is 53.0 Å². The fraction of sp³-hybridized carbons (Fsp3) is 0.300. The van der Waals surface area contributed by atoms with E-state index in [1.165, 1.54) is 0 Å². The zero-order chi connectivity index (χ0) is 17.9. The van der Waals surface area contributed by atoms with Crippen molar-refractivity contribution in [3.05, 3.63) is 64.1 Å². The second-order valence-corrected chi connectivity index (χ2v) is 7.41. The minimum atomic E-state index is -0.477. The molecule has 1 aliphatic carbocycles. The Hall–Kier alpha value is -2.14. The van der Waals surface area contributed by atoms with Crippen LogP contribution in [0.2, 0.25) is 0 Å². The van der Waals surface area contributed by atoms with Crippen LogP contribution >= 0.6 is 15.9 Å². The highest BCUT2D eigenvalue weighted by molar-refractivity contribution is 9.10. The number of aryl methyl sites for hydroxylation is 1. The van der Waals surface area contributed by atoms with E-state index in [1.54, 1.807) is 0 Å². The molecule has 130 valence electrons. The van der Waals surface area contributed by atoms with Crippen LogP contribution in [0.3, 0.4) is 0 Å². The molecule has 2 aromatic carbocycles. The molecule has 1 aliphatic rings. The predicted octanol–water partition coefficient (Wildman–Crippen LogP) is 3.93. The summed E-state index contributed by atoms with van der Waals surface area (Å²) in [6, 6.07) is 15.5. The van der Waals surface area contributed by atoms with Crippen LogP contribution < -0.4 is 10.6 Å². The summed E-state index contributed by atoms with van der Waals surface area (Å²) in [4.78, 5) is 24.9. The molecule has 3 rings (SSSR count). The Balaban J connectivity index is 1.61. The third-order valence-corrected chi connectivity index (χ3v) is 5.33. The molecular formula is C20H21BrN2O2. The molecule has 1 saturated carbocycles. The second-order valence-electron chi connectivity index (χ2n) is 6.49. The maximum Gasteiger partial charge on any atom is 0.243 e. The fourth-order valence-corrected chi connectivity index (χ4v) is 3.70. The van der Waals surface area contributed by atoms with Crippen LogP contribution in [0.5, 0.6) is 0 Å². The molecule has 0 aliphatic heterocycles. The molecule has 25 heavy (non-hydrogen) atoms. The predicted molar refractivity (Wildman–Crippen MR) is 102 cm³/mol. The van der Waals surface area contributed by atoms with Crippen molar-refractivity contribution >= 4 is 33.4 Å². The lowest BCUT2D eigenvalue weighted by Crippen LogP contribution is -2.50. The number of carbonyl (C=O) groups is 2. The third-order valence-electron chi connectivity index (χ3n) is 4.84. The number of anilines is 1. The van der Waals surface area contributed by atoms with Gasteiger partial charge in [0, 0.05) is 10.2 Å². The molecule has 0 bridgehead atoms. The summed E-state index contributed by atoms with van der Waals surface area (Å²) in [6.45, 7) is 1.90. The average molecular weight is 401 g/mol. The van der Waals surface area contributed by atoms with E-state index in [-0.39, 0.29) is 18.4 Å². The van der Waals surface area contributed by atoms with Crippen molar-refractivity contribution in [2.75, 3.05) is 11.9 Å². The second kappa shape index (κ2) is 7.40. The van der Waals surface area contributed by atoms with Crippen LogP contribution in [0.1, 0.15) is 30.4 Å². The molecule has 4 nitrogen and oxygen atoms in total. The van der Waals surface area contributed by atoms with E-state index in [2.05, 4.69) is 26.6 Å². The van der Waals surface area contributed by atoms with E-state index in [1.807, 2.05) is 55.5 Å². The van der Waals surface area contributed by atoms with Gasteiger partial charge in [-0.3, -0.25) is 9.59 Å². The molecule has 0 atom stereocenters. The van der Waals surface area contributed by atoms with E-state index < -0.39 is 5.41 Å². The monoisotopic (exact) mass is 400 g/mol. The third kappa shape index (κ3) is 3.76. The highest BCUT2D eigenvalue weighted by Crippen LogP contribution is 2.43. The molecule has 0 heterocycles. The normalized spacial score (nSPS) is 15.1. The van der Waals surface area contributed by atoms with Crippen molar-refractivity contribution in [1.82, 2.24) is 5.32 Å². The smallest absolute Gasteiger partial charge is 0.243 e. The van der Waals surface area contributed by atoms with Crippen molar-refractivity contribution in [2.24, 2.45) is 0 Å². The Morgan fingerprint density at radius 2 is 1.84 bits per heavy atom. The van der Waals surface area contributed by atoms with Gasteiger partial charge in [0.25, 0.3) is 0 Å². The van der Waals surface area contributed by atoms with Crippen LogP contribution in [-0.2, 0) is 15.0 Å². The number of amides is 2. The van der Waals surface area contributed by atoms with Gasteiger partial charge in [-0.1, -0.05) is 52.7 Å². The molecule has 0 radical (unpaired) electrons. The maximum absolute atomic E-state index is 12.7. The zero-order valence-corrected chi connectivity index (χ0v) is 15.7. The SMILES string of the molecule is Cc1cc(Br)ccc1NC(=O)CNC(=O)C1(c2ccccc2)CCC1. The molecule has 0 spiro atoms. The first kappa shape index (κ1) is 17.7. The first-order valence-corrected chi connectivity index (χ1v) is 9.20. The molecule has 0 saturated heterocycles. The number of nitrogens with one attached hydrogen (secondary N) is 2. The largest absolute Gasteiger partial charge is 0.346 e. The van der Waals surface area contributed by atoms with Gasteiger partial charge in [-0.05, 0) is 49.1 Å². The zero-order valence-electron chi connectivity index (χ0n) is 14.1. The van der Waals surface area contributed by atoms with Crippen LogP contribution in [0.4, 0.5) is 5.69 Å². The first-order valence-electron chi connectivity index (χ1n) is 8.41. The Kier molecular flexibility index (Phi) is 5.23. The number of halogens is 1. The minimum absolute atomic E-state index is 0.0249. The molecular weight excluding hydrogens is 380 g/mol. The summed E-state index contributed by atoms with van der Waals surface area (Å²) in [5.74, 6) is -0.283. The minimum Gasteiger partial charge on any atom is -0.346 e. The molecule has 5 heteroatoms. The highest BCUT2D eigenvalue weighted by atomic mass is 79.9. The molecule has 1 fully saturated rings. The van der Waals surface area contributed by atoms with E-state index in [9.17, 15) is 9.59 Å². The van der Waals surface area contributed by atoms with Gasteiger partial charge in [-0.2, -0.15) is 0 Å². The maximum atomic E-state index is 12.7. The number of hydrogen-bond acceptors (Lipinski definition) is 2. The van der Waals surface area contributed by atoms with Crippen LogP contribution in [-0.4, -0.2) is 18.4 Å². The van der Waals surface area contributed by atoms with Crippen LogP contribution in [0.25, 0.3) is 0 Å². The van der Waals surface area contributed by atoms with Gasteiger partial charge in [0.1, 0.15) is 0 Å². The lowest BCUT2D eigenvalue weighted by atomic mass is 9.64. The number of hydrogen-bond donors (Lipinski definition) is 2. The summed E-state index contributed by atoms with van der Waals surface area (Å²) in [5.41, 5.74) is 2.27. The average Bonchev–Trinajstić information content (AvgIpc) is 2.55. The molecule has 0 aromatic heterocycles. The summed E-state index contributed by atoms with van der Waals surface area (Å²) in [7, 11) is 0. The molecule has 2 amide bonds. The van der Waals surface area contributed by atoms with Gasteiger partial charge in [0.05, 0.1) is 12.0 Å². The lowest BCUT2D eigenvalue weighted by molar-refractivity contribution is -0.131. The van der Waals surface area contributed by atoms with E-state index in [0.717, 1.165) is 40.5 Å². The summed E-state index contributed by atoms with van der Waals surface area (Å²) in [6.07, 6.45) is 2.69. The summed E-state index contributed by atoms with van der Waals surface area (Å²) < 4.78 is 0.964. The summed E-state index contributed by atoms with van der Waals surface area (Å²) >= 11 is 3.40. The first-order chi connectivity index (χ1) is 12.0. The van der Waals surface area contributed by atoms with Crippen molar-refractivity contribution < 1.29 is 9.59 Å². The van der Waals surface area contributed by atoms with E-state index in [0.29, 0.717) is 0 Å². The quantitative estimate of drug-likeness (QED) is 0.798. The standard InChI is InChI=1S/C20H21BrN2O2/c1-14-12-16(21)8-9-17(14)23-18(24)13-22-19(25)20(10-5-11-20)15-6-3-2-4-7-15/h2-4,6-9,12H,5,10-11,13H2,1H3,(H,22,25)(H,23,24). The Morgan fingerprint density at radius 3 is 2.44 bits per heavy atom. The lowest BCUT2D eigenvalue weighted by Gasteiger charge is -2.40. The van der Waals surface area contributed by atoms with Crippen molar-refractivity contribution in [3.8, 4) is 0 Å². The Bertz CT molecular complexity index is 786. The van der Waals surface area contributed by atoms with E-state index >= 15 is 0 Å². The van der Waals surface area contributed by atoms with Crippen LogP contribution in [0, 0.1) is 6.92 Å². The van der Waals surface area contributed by atoms with Gasteiger partial charge in [0.2, 0.25) is 11.8 Å². The molecule has 0 unspecified atom stereocenters.